The molecule has 0 saturated heterocycles. The van der Waals surface area contributed by atoms with Gasteiger partial charge in [-0.2, -0.15) is 0 Å². The zero-order chi connectivity index (χ0) is 19.5. The quantitative estimate of drug-likeness (QED) is 0.472. The molecular formula is C24H20O4. The van der Waals surface area contributed by atoms with E-state index in [9.17, 15) is 9.59 Å². The van der Waals surface area contributed by atoms with Gasteiger partial charge in [-0.1, -0.05) is 67.6 Å². The predicted molar refractivity (Wildman–Crippen MR) is 106 cm³/mol. The van der Waals surface area contributed by atoms with E-state index in [2.05, 4.69) is 6.92 Å². The summed E-state index contributed by atoms with van der Waals surface area (Å²) in [6.45, 7) is 1.77. The Morgan fingerprint density at radius 1 is 0.857 bits per heavy atom. The summed E-state index contributed by atoms with van der Waals surface area (Å²) < 4.78 is 11.3. The molecule has 0 atom stereocenters. The van der Waals surface area contributed by atoms with Crippen molar-refractivity contribution in [3.8, 4) is 11.5 Å². The summed E-state index contributed by atoms with van der Waals surface area (Å²) in [5.74, 6) is -0.0305. The topological polar surface area (TPSA) is 52.6 Å². The molecule has 4 rings (SSSR count). The average Bonchev–Trinajstić information content (AvgIpc) is 2.75. The molecule has 0 bridgehead atoms. The normalized spacial score (nSPS) is 12.5. The Hall–Kier alpha value is -3.40. The molecule has 1 heterocycles. The first kappa shape index (κ1) is 18.0. The molecule has 0 spiro atoms. The van der Waals surface area contributed by atoms with Crippen LogP contribution in [0, 0.1) is 0 Å². The molecule has 0 N–H and O–H groups in total. The van der Waals surface area contributed by atoms with Gasteiger partial charge in [0.25, 0.3) is 0 Å². The number of ether oxygens (including phenoxy) is 2. The van der Waals surface area contributed by atoms with Crippen LogP contribution in [0.25, 0.3) is 0 Å². The van der Waals surface area contributed by atoms with Gasteiger partial charge in [0, 0.05) is 16.7 Å². The van der Waals surface area contributed by atoms with Gasteiger partial charge >= 0.3 is 5.97 Å². The maximum absolute atomic E-state index is 12.9. The van der Waals surface area contributed by atoms with Gasteiger partial charge in [-0.25, -0.2) is 0 Å². The van der Waals surface area contributed by atoms with Crippen molar-refractivity contribution in [1.29, 1.82) is 0 Å². The van der Waals surface area contributed by atoms with E-state index in [4.69, 9.17) is 9.47 Å². The fraction of sp³-hybridized carbons (Fsp3) is 0.167. The Morgan fingerprint density at radius 3 is 2.00 bits per heavy atom. The van der Waals surface area contributed by atoms with Gasteiger partial charge in [-0.05, 0) is 24.1 Å². The van der Waals surface area contributed by atoms with Crippen LogP contribution in [0.5, 0.6) is 11.5 Å². The first-order valence-electron chi connectivity index (χ1n) is 9.32. The van der Waals surface area contributed by atoms with Gasteiger partial charge < -0.3 is 9.47 Å². The lowest BCUT2D eigenvalue weighted by molar-refractivity contribution is -0.143. The third kappa shape index (κ3) is 3.41. The van der Waals surface area contributed by atoms with Gasteiger partial charge in [0.15, 0.2) is 12.4 Å². The maximum Gasteiger partial charge on any atom is 0.318 e. The number of aryl methyl sites for hydroxylation is 1. The number of benzene rings is 3. The van der Waals surface area contributed by atoms with E-state index in [0.717, 1.165) is 23.1 Å². The molecule has 3 aromatic rings. The number of ketones is 1. The van der Waals surface area contributed by atoms with E-state index in [1.54, 1.807) is 12.1 Å². The highest BCUT2D eigenvalue weighted by molar-refractivity contribution is 5.98. The summed E-state index contributed by atoms with van der Waals surface area (Å²) in [5.41, 5.74) is 3.18. The van der Waals surface area contributed by atoms with Crippen LogP contribution < -0.4 is 4.74 Å². The molecule has 3 aromatic carbocycles. The Morgan fingerprint density at radius 2 is 1.43 bits per heavy atom. The van der Waals surface area contributed by atoms with Crippen LogP contribution in [0.3, 0.4) is 0 Å². The zero-order valence-electron chi connectivity index (χ0n) is 15.6. The second kappa shape index (κ2) is 7.69. The summed E-state index contributed by atoms with van der Waals surface area (Å²) in [7, 11) is 0. The molecule has 0 amide bonds. The minimum atomic E-state index is -0.614. The summed E-state index contributed by atoms with van der Waals surface area (Å²) in [5, 5.41) is 0. The third-order valence-electron chi connectivity index (χ3n) is 4.95. The fourth-order valence-corrected chi connectivity index (χ4v) is 3.39. The van der Waals surface area contributed by atoms with Gasteiger partial charge in [0.05, 0.1) is 0 Å². The van der Waals surface area contributed by atoms with Crippen LogP contribution in [0.2, 0.25) is 0 Å². The maximum atomic E-state index is 12.9. The Kier molecular flexibility index (Phi) is 4.94. The molecule has 1 aliphatic rings. The first-order chi connectivity index (χ1) is 13.7. The zero-order valence-corrected chi connectivity index (χ0v) is 15.6. The Bertz CT molecular complexity index is 975. The first-order valence-corrected chi connectivity index (χ1v) is 9.32. The molecule has 0 aromatic heterocycles. The SMILES string of the molecule is CCc1ccc(C(=O)COC(=O)C2c3ccccc3Oc3ccccc32)cc1. The molecule has 140 valence electrons. The van der Waals surface area contributed by atoms with Crippen molar-refractivity contribution in [2.75, 3.05) is 6.61 Å². The Balaban J connectivity index is 1.54. The molecule has 0 aliphatic carbocycles. The smallest absolute Gasteiger partial charge is 0.318 e. The summed E-state index contributed by atoms with van der Waals surface area (Å²) in [6.07, 6.45) is 0.909. The lowest BCUT2D eigenvalue weighted by atomic mass is 9.88. The van der Waals surface area contributed by atoms with Gasteiger partial charge in [-0.3, -0.25) is 9.59 Å². The molecule has 0 fully saturated rings. The minimum absolute atomic E-state index is 0.218. The van der Waals surface area contributed by atoms with E-state index in [-0.39, 0.29) is 12.4 Å². The predicted octanol–water partition coefficient (Wildman–Crippen LogP) is 4.91. The third-order valence-corrected chi connectivity index (χ3v) is 4.95. The second-order valence-electron chi connectivity index (χ2n) is 6.69. The molecule has 4 nitrogen and oxygen atoms in total. The van der Waals surface area contributed by atoms with Gasteiger partial charge in [0.1, 0.15) is 17.4 Å². The number of esters is 1. The minimum Gasteiger partial charge on any atom is -0.457 e. The monoisotopic (exact) mass is 372 g/mol. The van der Waals surface area contributed by atoms with Crippen molar-refractivity contribution in [3.05, 3.63) is 95.1 Å². The standard InChI is InChI=1S/C24H20O4/c1-2-16-11-13-17(14-12-16)20(25)15-27-24(26)23-18-7-3-5-9-21(18)28-22-10-6-4-8-19(22)23/h3-14,23H,2,15H2,1H3. The number of para-hydroxylation sites is 2. The number of Topliss-reactive ketones (excluding diaryl/α,β-unsaturated/α-hetero) is 1. The highest BCUT2D eigenvalue weighted by Gasteiger charge is 2.33. The number of hydrogen-bond acceptors (Lipinski definition) is 4. The largest absolute Gasteiger partial charge is 0.457 e. The molecule has 0 unspecified atom stereocenters. The summed E-state index contributed by atoms with van der Waals surface area (Å²) in [4.78, 5) is 25.4. The van der Waals surface area contributed by atoms with Gasteiger partial charge in [0.2, 0.25) is 0 Å². The molecular weight excluding hydrogens is 352 g/mol. The number of hydrogen-bond donors (Lipinski definition) is 0. The lowest BCUT2D eigenvalue weighted by Gasteiger charge is -2.26. The number of carbonyl (C=O) groups is 2. The van der Waals surface area contributed by atoms with E-state index in [0.29, 0.717) is 17.1 Å². The van der Waals surface area contributed by atoms with Crippen molar-refractivity contribution in [3.63, 3.8) is 0 Å². The lowest BCUT2D eigenvalue weighted by Crippen LogP contribution is -2.23. The van der Waals surface area contributed by atoms with E-state index in [1.165, 1.54) is 0 Å². The van der Waals surface area contributed by atoms with Crippen molar-refractivity contribution >= 4 is 11.8 Å². The van der Waals surface area contributed by atoms with Crippen molar-refractivity contribution in [2.24, 2.45) is 0 Å². The van der Waals surface area contributed by atoms with Crippen LogP contribution >= 0.6 is 0 Å². The Labute approximate surface area is 163 Å². The fourth-order valence-electron chi connectivity index (χ4n) is 3.39. The molecule has 0 radical (unpaired) electrons. The highest BCUT2D eigenvalue weighted by Crippen LogP contribution is 2.44. The molecule has 1 aliphatic heterocycles. The van der Waals surface area contributed by atoms with Crippen molar-refractivity contribution in [1.82, 2.24) is 0 Å². The number of fused-ring (bicyclic) bond motifs is 2. The summed E-state index contributed by atoms with van der Waals surface area (Å²) in [6, 6.07) is 22.2. The van der Waals surface area contributed by atoms with Crippen LogP contribution in [-0.4, -0.2) is 18.4 Å². The molecule has 0 saturated carbocycles. The highest BCUT2D eigenvalue weighted by atomic mass is 16.5. The van der Waals surface area contributed by atoms with Crippen LogP contribution in [-0.2, 0) is 16.0 Å². The van der Waals surface area contributed by atoms with Gasteiger partial charge in [-0.15, -0.1) is 0 Å². The van der Waals surface area contributed by atoms with Crippen molar-refractivity contribution in [2.45, 2.75) is 19.3 Å². The second-order valence-corrected chi connectivity index (χ2v) is 6.69. The molecule has 4 heteroatoms. The van der Waals surface area contributed by atoms with E-state index >= 15 is 0 Å². The van der Waals surface area contributed by atoms with Crippen LogP contribution in [0.15, 0.2) is 72.8 Å². The summed E-state index contributed by atoms with van der Waals surface area (Å²) >= 11 is 0. The van der Waals surface area contributed by atoms with Crippen molar-refractivity contribution < 1.29 is 19.1 Å². The number of rotatable bonds is 5. The van der Waals surface area contributed by atoms with Crippen LogP contribution in [0.4, 0.5) is 0 Å². The number of carbonyl (C=O) groups excluding carboxylic acids is 2. The molecule has 28 heavy (non-hydrogen) atoms. The van der Waals surface area contributed by atoms with Crippen LogP contribution in [0.1, 0.15) is 39.9 Å². The average molecular weight is 372 g/mol. The van der Waals surface area contributed by atoms with E-state index in [1.807, 2.05) is 60.7 Å². The van der Waals surface area contributed by atoms with E-state index < -0.39 is 11.9 Å².